The maximum atomic E-state index is 12.8. The number of benzene rings is 2. The Balaban J connectivity index is 1.63. The molecule has 2 aromatic heterocycles. The van der Waals surface area contributed by atoms with Crippen molar-refractivity contribution in [2.75, 3.05) is 5.32 Å². The maximum absolute atomic E-state index is 12.8. The smallest absolute Gasteiger partial charge is 0.273 e. The molecule has 2 heterocycles. The Hall–Kier alpha value is -3.85. The van der Waals surface area contributed by atoms with E-state index in [9.17, 15) is 14.9 Å². The molecule has 0 radical (unpaired) electrons. The molecule has 156 valence electrons. The lowest BCUT2D eigenvalue weighted by Crippen LogP contribution is -2.15. The van der Waals surface area contributed by atoms with Gasteiger partial charge in [-0.1, -0.05) is 35.9 Å². The largest absolute Gasteiger partial charge is 0.306 e. The van der Waals surface area contributed by atoms with Crippen molar-refractivity contribution in [3.05, 3.63) is 86.7 Å². The molecule has 0 saturated heterocycles. The van der Waals surface area contributed by atoms with Crippen LogP contribution in [0.25, 0.3) is 16.4 Å². The van der Waals surface area contributed by atoms with Gasteiger partial charge in [-0.2, -0.15) is 0 Å². The van der Waals surface area contributed by atoms with Crippen LogP contribution in [0.2, 0.25) is 0 Å². The van der Waals surface area contributed by atoms with Crippen molar-refractivity contribution >= 4 is 28.7 Å². The van der Waals surface area contributed by atoms with E-state index in [1.807, 2.05) is 43.5 Å². The molecule has 1 amide bonds. The van der Waals surface area contributed by atoms with E-state index in [0.717, 1.165) is 11.3 Å². The molecule has 0 atom stereocenters. The zero-order chi connectivity index (χ0) is 22.1. The Labute approximate surface area is 182 Å². The lowest BCUT2D eigenvalue weighted by Gasteiger charge is -2.09. The number of nitrogens with zero attached hydrogens (tertiary/aromatic N) is 4. The number of thiazole rings is 1. The van der Waals surface area contributed by atoms with E-state index < -0.39 is 10.8 Å². The number of anilines is 1. The summed E-state index contributed by atoms with van der Waals surface area (Å²) in [4.78, 5) is 32.5. The molecule has 31 heavy (non-hydrogen) atoms. The summed E-state index contributed by atoms with van der Waals surface area (Å²) in [6.07, 6.45) is 1.54. The first kappa shape index (κ1) is 20.4. The van der Waals surface area contributed by atoms with E-state index in [1.165, 1.54) is 23.0 Å². The van der Waals surface area contributed by atoms with Crippen LogP contribution in [0, 0.1) is 30.9 Å². The number of imidazole rings is 1. The Morgan fingerprint density at radius 2 is 1.87 bits per heavy atom. The van der Waals surface area contributed by atoms with Crippen molar-refractivity contribution in [3.63, 3.8) is 0 Å². The zero-order valence-corrected chi connectivity index (χ0v) is 17.9. The number of hydrogen-bond acceptors (Lipinski definition) is 6. The van der Waals surface area contributed by atoms with Gasteiger partial charge in [0.2, 0.25) is 0 Å². The molecule has 4 aromatic rings. The van der Waals surface area contributed by atoms with Gasteiger partial charge in [-0.3, -0.25) is 19.5 Å². The Morgan fingerprint density at radius 3 is 2.58 bits per heavy atom. The Morgan fingerprint density at radius 1 is 1.13 bits per heavy atom. The lowest BCUT2D eigenvalue weighted by molar-refractivity contribution is -0.385. The molecule has 1 N–H and O–H groups in total. The van der Waals surface area contributed by atoms with E-state index in [4.69, 9.17) is 4.98 Å². The topological polar surface area (TPSA) is 103 Å². The number of nitrogens with one attached hydrogen (secondary N) is 1. The lowest BCUT2D eigenvalue weighted by atomic mass is 10.1. The molecule has 0 saturated carbocycles. The number of amides is 1. The highest BCUT2D eigenvalue weighted by molar-refractivity contribution is 7.12. The maximum Gasteiger partial charge on any atom is 0.273 e. The zero-order valence-electron chi connectivity index (χ0n) is 17.1. The molecule has 0 aliphatic heterocycles. The molecule has 4 rings (SSSR count). The van der Waals surface area contributed by atoms with Crippen molar-refractivity contribution in [2.45, 2.75) is 20.8 Å². The second kappa shape index (κ2) is 8.11. The summed E-state index contributed by atoms with van der Waals surface area (Å²) in [6, 6.07) is 12.5. The standard InChI is InChI=1S/C22H19N5O3S/c1-13-4-7-16(8-5-13)18-12-31-22(24-18)26-15(3)23-11-20(26)25-21(28)17-9-6-14(2)19(10-17)27(29)30/h4-12H,1-3H3,(H,25,28). The minimum atomic E-state index is -0.497. The number of rotatable bonds is 5. The fourth-order valence-corrected chi connectivity index (χ4v) is 4.03. The summed E-state index contributed by atoms with van der Waals surface area (Å²) in [5.41, 5.74) is 3.60. The summed E-state index contributed by atoms with van der Waals surface area (Å²) in [5, 5.41) is 16.6. The van der Waals surface area contributed by atoms with E-state index >= 15 is 0 Å². The summed E-state index contributed by atoms with van der Waals surface area (Å²) < 4.78 is 1.75. The number of hydrogen-bond donors (Lipinski definition) is 1. The van der Waals surface area contributed by atoms with Crippen LogP contribution in [0.15, 0.2) is 54.0 Å². The number of aryl methyl sites for hydroxylation is 3. The third-order valence-corrected chi connectivity index (χ3v) is 5.70. The van der Waals surface area contributed by atoms with Crippen molar-refractivity contribution in [1.82, 2.24) is 14.5 Å². The fourth-order valence-electron chi connectivity index (χ4n) is 3.13. The van der Waals surface area contributed by atoms with Crippen LogP contribution in [0.1, 0.15) is 27.3 Å². The minimum absolute atomic E-state index is 0.0972. The van der Waals surface area contributed by atoms with Gasteiger partial charge in [0.1, 0.15) is 11.6 Å². The Bertz CT molecular complexity index is 1290. The van der Waals surface area contributed by atoms with Gasteiger partial charge >= 0.3 is 0 Å². The van der Waals surface area contributed by atoms with E-state index in [-0.39, 0.29) is 11.3 Å². The van der Waals surface area contributed by atoms with Gasteiger partial charge in [0, 0.05) is 28.1 Å². The molecule has 8 nitrogen and oxygen atoms in total. The molecule has 0 spiro atoms. The molecule has 0 unspecified atom stereocenters. The van der Waals surface area contributed by atoms with Gasteiger partial charge in [-0.15, -0.1) is 11.3 Å². The average molecular weight is 433 g/mol. The average Bonchev–Trinajstić information content (AvgIpc) is 3.35. The van der Waals surface area contributed by atoms with E-state index in [0.29, 0.717) is 22.3 Å². The third-order valence-electron chi connectivity index (χ3n) is 4.88. The predicted octanol–water partition coefficient (Wildman–Crippen LogP) is 5.08. The van der Waals surface area contributed by atoms with Crippen LogP contribution in [-0.2, 0) is 0 Å². The van der Waals surface area contributed by atoms with Crippen molar-refractivity contribution in [2.24, 2.45) is 0 Å². The molecule has 0 bridgehead atoms. The van der Waals surface area contributed by atoms with Crippen LogP contribution in [0.3, 0.4) is 0 Å². The van der Waals surface area contributed by atoms with Gasteiger partial charge in [0.05, 0.1) is 16.8 Å². The van der Waals surface area contributed by atoms with Crippen LogP contribution in [0.5, 0.6) is 0 Å². The normalized spacial score (nSPS) is 10.8. The van der Waals surface area contributed by atoms with E-state index in [1.54, 1.807) is 29.8 Å². The highest BCUT2D eigenvalue weighted by Gasteiger charge is 2.18. The minimum Gasteiger partial charge on any atom is -0.306 e. The van der Waals surface area contributed by atoms with Gasteiger partial charge in [-0.25, -0.2) is 9.97 Å². The summed E-state index contributed by atoms with van der Waals surface area (Å²) in [6.45, 7) is 5.48. The predicted molar refractivity (Wildman–Crippen MR) is 120 cm³/mol. The molecule has 9 heteroatoms. The van der Waals surface area contributed by atoms with Crippen molar-refractivity contribution < 1.29 is 9.72 Å². The fraction of sp³-hybridized carbons (Fsp3) is 0.136. The second-order valence-electron chi connectivity index (χ2n) is 7.12. The first-order chi connectivity index (χ1) is 14.8. The highest BCUT2D eigenvalue weighted by Crippen LogP contribution is 2.28. The number of carbonyl (C=O) groups is 1. The number of nitro groups is 1. The highest BCUT2D eigenvalue weighted by atomic mass is 32.1. The van der Waals surface area contributed by atoms with E-state index in [2.05, 4.69) is 10.3 Å². The first-order valence-electron chi connectivity index (χ1n) is 9.47. The van der Waals surface area contributed by atoms with Crippen molar-refractivity contribution in [3.8, 4) is 16.4 Å². The van der Waals surface area contributed by atoms with Crippen LogP contribution < -0.4 is 5.32 Å². The third kappa shape index (κ3) is 4.08. The van der Waals surface area contributed by atoms with Crippen LogP contribution in [-0.4, -0.2) is 25.4 Å². The Kier molecular flexibility index (Phi) is 5.35. The molecule has 2 aromatic carbocycles. The molecular weight excluding hydrogens is 414 g/mol. The molecule has 0 aliphatic rings. The first-order valence-corrected chi connectivity index (χ1v) is 10.3. The number of carbonyl (C=O) groups excluding carboxylic acids is 1. The number of aromatic nitrogens is 3. The van der Waals surface area contributed by atoms with Gasteiger partial charge in [0.15, 0.2) is 5.13 Å². The quantitative estimate of drug-likeness (QED) is 0.349. The number of nitro benzene ring substituents is 1. The van der Waals surface area contributed by atoms with Crippen LogP contribution in [0.4, 0.5) is 11.5 Å². The van der Waals surface area contributed by atoms with Gasteiger partial charge < -0.3 is 5.32 Å². The molecular formula is C22H19N5O3S. The van der Waals surface area contributed by atoms with Gasteiger partial charge in [0.25, 0.3) is 11.6 Å². The second-order valence-corrected chi connectivity index (χ2v) is 7.96. The summed E-state index contributed by atoms with van der Waals surface area (Å²) in [7, 11) is 0. The molecule has 0 fully saturated rings. The summed E-state index contributed by atoms with van der Waals surface area (Å²) in [5.74, 6) is 0.644. The monoisotopic (exact) mass is 433 g/mol. The summed E-state index contributed by atoms with van der Waals surface area (Å²) >= 11 is 1.44. The SMILES string of the molecule is Cc1ccc(-c2csc(-n3c(NC(=O)c4ccc(C)c([N+](=O)[O-])c4)cnc3C)n2)cc1. The van der Waals surface area contributed by atoms with Gasteiger partial charge in [-0.05, 0) is 26.8 Å². The van der Waals surface area contributed by atoms with Crippen LogP contribution >= 0.6 is 11.3 Å². The van der Waals surface area contributed by atoms with Crippen molar-refractivity contribution in [1.29, 1.82) is 0 Å². The molecule has 0 aliphatic carbocycles.